The van der Waals surface area contributed by atoms with Crippen molar-refractivity contribution >= 4 is 23.4 Å². The first-order valence-corrected chi connectivity index (χ1v) is 8.01. The Morgan fingerprint density at radius 1 is 1.33 bits per heavy atom. The molecule has 0 saturated heterocycles. The van der Waals surface area contributed by atoms with Crippen molar-refractivity contribution in [1.29, 1.82) is 0 Å². The van der Waals surface area contributed by atoms with Gasteiger partial charge in [0, 0.05) is 17.1 Å². The van der Waals surface area contributed by atoms with Crippen LogP contribution >= 0.6 is 23.4 Å². The van der Waals surface area contributed by atoms with Crippen molar-refractivity contribution in [2.45, 2.75) is 26.8 Å². The first-order valence-electron chi connectivity index (χ1n) is 6.48. The van der Waals surface area contributed by atoms with E-state index in [-0.39, 0.29) is 0 Å². The van der Waals surface area contributed by atoms with Crippen molar-refractivity contribution in [2.24, 2.45) is 0 Å². The maximum absolute atomic E-state index is 6.20. The van der Waals surface area contributed by atoms with Gasteiger partial charge in [-0.25, -0.2) is 0 Å². The predicted molar refractivity (Wildman–Crippen MR) is 81.9 cm³/mol. The summed E-state index contributed by atoms with van der Waals surface area (Å²) in [6.07, 6.45) is 1.08. The number of ether oxygens (including phenoxy) is 1. The molecular formula is C14H22ClNOS. The van der Waals surface area contributed by atoms with E-state index in [1.165, 1.54) is 5.75 Å². The molecule has 4 heteroatoms. The molecule has 0 atom stereocenters. The minimum atomic E-state index is 0.756. The van der Waals surface area contributed by atoms with Crippen LogP contribution in [0.2, 0.25) is 5.02 Å². The second kappa shape index (κ2) is 9.54. The Morgan fingerprint density at radius 2 is 2.17 bits per heavy atom. The Morgan fingerprint density at radius 3 is 2.89 bits per heavy atom. The summed E-state index contributed by atoms with van der Waals surface area (Å²) in [7, 11) is 0. The molecule has 0 spiro atoms. The highest BCUT2D eigenvalue weighted by molar-refractivity contribution is 7.99. The maximum Gasteiger partial charge on any atom is 0.125 e. The molecule has 0 aliphatic carbocycles. The van der Waals surface area contributed by atoms with Crippen LogP contribution in [0.5, 0.6) is 5.75 Å². The minimum Gasteiger partial charge on any atom is -0.493 e. The molecule has 2 nitrogen and oxygen atoms in total. The third-order valence-electron chi connectivity index (χ3n) is 2.52. The van der Waals surface area contributed by atoms with Gasteiger partial charge in [-0.2, -0.15) is 11.8 Å². The molecule has 0 unspecified atom stereocenters. The standard InChI is InChI=1S/C14H22ClNOS/c1-3-16-11-12-13(15)7-5-8-14(12)17-9-6-10-18-4-2/h5,7-8,16H,3-4,6,9-11H2,1-2H3. The Bertz CT molecular complexity index is 347. The third kappa shape index (κ3) is 5.51. The van der Waals surface area contributed by atoms with Gasteiger partial charge < -0.3 is 10.1 Å². The van der Waals surface area contributed by atoms with Gasteiger partial charge in [-0.3, -0.25) is 0 Å². The zero-order chi connectivity index (χ0) is 13.2. The molecule has 1 aromatic carbocycles. The average Bonchev–Trinajstić information content (AvgIpc) is 2.38. The Hall–Kier alpha value is -0.380. The van der Waals surface area contributed by atoms with Gasteiger partial charge in [0.15, 0.2) is 0 Å². The van der Waals surface area contributed by atoms with E-state index in [1.807, 2.05) is 30.0 Å². The zero-order valence-corrected chi connectivity index (χ0v) is 12.7. The van der Waals surface area contributed by atoms with E-state index in [4.69, 9.17) is 16.3 Å². The molecular weight excluding hydrogens is 266 g/mol. The fraction of sp³-hybridized carbons (Fsp3) is 0.571. The van der Waals surface area contributed by atoms with Crippen molar-refractivity contribution in [3.05, 3.63) is 28.8 Å². The molecule has 1 N–H and O–H groups in total. The molecule has 0 aliphatic rings. The van der Waals surface area contributed by atoms with E-state index in [1.54, 1.807) is 0 Å². The number of benzene rings is 1. The molecule has 0 radical (unpaired) electrons. The lowest BCUT2D eigenvalue weighted by molar-refractivity contribution is 0.314. The largest absolute Gasteiger partial charge is 0.493 e. The fourth-order valence-corrected chi connectivity index (χ4v) is 2.43. The maximum atomic E-state index is 6.20. The van der Waals surface area contributed by atoms with Crippen molar-refractivity contribution in [3.8, 4) is 5.75 Å². The number of halogens is 1. The van der Waals surface area contributed by atoms with E-state index in [2.05, 4.69) is 19.2 Å². The van der Waals surface area contributed by atoms with Gasteiger partial charge in [0.05, 0.1) is 6.61 Å². The summed E-state index contributed by atoms with van der Waals surface area (Å²) in [6.45, 7) is 6.70. The number of hydrogen-bond donors (Lipinski definition) is 1. The highest BCUT2D eigenvalue weighted by atomic mass is 35.5. The van der Waals surface area contributed by atoms with Crippen LogP contribution in [0.3, 0.4) is 0 Å². The van der Waals surface area contributed by atoms with Crippen LogP contribution in [0, 0.1) is 0 Å². The zero-order valence-electron chi connectivity index (χ0n) is 11.2. The highest BCUT2D eigenvalue weighted by Gasteiger charge is 2.07. The quantitative estimate of drug-likeness (QED) is 0.695. The van der Waals surface area contributed by atoms with E-state index in [0.717, 1.165) is 48.2 Å². The molecule has 1 rings (SSSR count). The van der Waals surface area contributed by atoms with Crippen LogP contribution in [-0.2, 0) is 6.54 Å². The van der Waals surface area contributed by atoms with Crippen LogP contribution in [0.15, 0.2) is 18.2 Å². The second-order valence-corrected chi connectivity index (χ2v) is 5.70. The van der Waals surface area contributed by atoms with Crippen LogP contribution < -0.4 is 10.1 Å². The monoisotopic (exact) mass is 287 g/mol. The topological polar surface area (TPSA) is 21.3 Å². The summed E-state index contributed by atoms with van der Waals surface area (Å²) in [5, 5.41) is 4.06. The normalized spacial score (nSPS) is 10.6. The Balaban J connectivity index is 2.50. The lowest BCUT2D eigenvalue weighted by Gasteiger charge is -2.13. The minimum absolute atomic E-state index is 0.756. The van der Waals surface area contributed by atoms with Crippen molar-refractivity contribution in [3.63, 3.8) is 0 Å². The van der Waals surface area contributed by atoms with Crippen LogP contribution in [-0.4, -0.2) is 24.7 Å². The molecule has 18 heavy (non-hydrogen) atoms. The fourth-order valence-electron chi connectivity index (χ4n) is 1.58. The summed E-state index contributed by atoms with van der Waals surface area (Å²) in [4.78, 5) is 0. The number of nitrogens with one attached hydrogen (secondary N) is 1. The smallest absolute Gasteiger partial charge is 0.125 e. The lowest BCUT2D eigenvalue weighted by Crippen LogP contribution is -2.13. The van der Waals surface area contributed by atoms with Gasteiger partial charge in [0.2, 0.25) is 0 Å². The molecule has 0 bridgehead atoms. The number of rotatable bonds is 9. The summed E-state index contributed by atoms with van der Waals surface area (Å²) in [5.74, 6) is 3.23. The van der Waals surface area contributed by atoms with E-state index in [0.29, 0.717) is 0 Å². The summed E-state index contributed by atoms with van der Waals surface area (Å²) >= 11 is 8.15. The Labute approximate surface area is 119 Å². The van der Waals surface area contributed by atoms with E-state index < -0.39 is 0 Å². The average molecular weight is 288 g/mol. The highest BCUT2D eigenvalue weighted by Crippen LogP contribution is 2.26. The molecule has 0 amide bonds. The second-order valence-electron chi connectivity index (χ2n) is 3.90. The lowest BCUT2D eigenvalue weighted by atomic mass is 10.2. The van der Waals surface area contributed by atoms with Crippen molar-refractivity contribution < 1.29 is 4.74 Å². The summed E-state index contributed by atoms with van der Waals surface area (Å²) < 4.78 is 5.82. The van der Waals surface area contributed by atoms with Gasteiger partial charge in [-0.1, -0.05) is 31.5 Å². The summed E-state index contributed by atoms with van der Waals surface area (Å²) in [6, 6.07) is 5.84. The molecule has 0 saturated carbocycles. The molecule has 1 aromatic rings. The van der Waals surface area contributed by atoms with E-state index >= 15 is 0 Å². The van der Waals surface area contributed by atoms with Crippen molar-refractivity contribution in [1.82, 2.24) is 5.32 Å². The van der Waals surface area contributed by atoms with Gasteiger partial charge >= 0.3 is 0 Å². The molecule has 0 aromatic heterocycles. The number of hydrogen-bond acceptors (Lipinski definition) is 3. The first-order chi connectivity index (χ1) is 8.79. The molecule has 0 fully saturated rings. The van der Waals surface area contributed by atoms with Crippen LogP contribution in [0.4, 0.5) is 0 Å². The van der Waals surface area contributed by atoms with Crippen LogP contribution in [0.1, 0.15) is 25.8 Å². The predicted octanol–water partition coefficient (Wildman–Crippen LogP) is 3.97. The van der Waals surface area contributed by atoms with Crippen molar-refractivity contribution in [2.75, 3.05) is 24.7 Å². The SMILES string of the molecule is CCNCc1c(Cl)cccc1OCCCSCC. The Kier molecular flexibility index (Phi) is 8.31. The third-order valence-corrected chi connectivity index (χ3v) is 3.86. The number of thioether (sulfide) groups is 1. The molecule has 0 aliphatic heterocycles. The van der Waals surface area contributed by atoms with Crippen LogP contribution in [0.25, 0.3) is 0 Å². The first kappa shape index (κ1) is 15.7. The van der Waals surface area contributed by atoms with Gasteiger partial charge in [-0.15, -0.1) is 0 Å². The summed E-state index contributed by atoms with van der Waals surface area (Å²) in [5.41, 5.74) is 1.06. The van der Waals surface area contributed by atoms with Gasteiger partial charge in [0.25, 0.3) is 0 Å². The molecule has 0 heterocycles. The molecule has 102 valence electrons. The van der Waals surface area contributed by atoms with Gasteiger partial charge in [0.1, 0.15) is 5.75 Å². The van der Waals surface area contributed by atoms with Gasteiger partial charge in [-0.05, 0) is 36.6 Å². The van der Waals surface area contributed by atoms with E-state index in [9.17, 15) is 0 Å².